The van der Waals surface area contributed by atoms with Crippen molar-refractivity contribution in [1.82, 2.24) is 15.4 Å². The lowest BCUT2D eigenvalue weighted by molar-refractivity contribution is 0.588. The van der Waals surface area contributed by atoms with Gasteiger partial charge in [-0.05, 0) is 43.3 Å². The van der Waals surface area contributed by atoms with Crippen molar-refractivity contribution < 1.29 is 8.42 Å². The average Bonchev–Trinajstić information content (AvgIpc) is 3.09. The normalized spacial score (nSPS) is 18.1. The minimum atomic E-state index is -3.38. The van der Waals surface area contributed by atoms with Crippen LogP contribution in [-0.4, -0.2) is 46.0 Å². The summed E-state index contributed by atoms with van der Waals surface area (Å²) in [6, 6.07) is 6.82. The molecule has 0 amide bonds. The van der Waals surface area contributed by atoms with E-state index < -0.39 is 10.0 Å². The first-order chi connectivity index (χ1) is 11.0. The first-order valence-electron chi connectivity index (χ1n) is 7.64. The van der Waals surface area contributed by atoms with E-state index in [1.165, 1.54) is 25.6 Å². The van der Waals surface area contributed by atoms with Crippen LogP contribution in [0.4, 0.5) is 0 Å². The molecule has 9 heteroatoms. The highest BCUT2D eigenvalue weighted by Gasteiger charge is 2.15. The zero-order chi connectivity index (χ0) is 16.7. The van der Waals surface area contributed by atoms with E-state index in [1.54, 1.807) is 31.3 Å². The lowest BCUT2D eigenvalue weighted by Gasteiger charge is -2.15. The highest BCUT2D eigenvalue weighted by molar-refractivity contribution is 14.0. The van der Waals surface area contributed by atoms with Crippen molar-refractivity contribution in [2.75, 3.05) is 26.4 Å². The summed E-state index contributed by atoms with van der Waals surface area (Å²) in [7, 11) is -0.222. The Bertz CT molecular complexity index is 629. The van der Waals surface area contributed by atoms with Crippen LogP contribution in [0, 0.1) is 0 Å². The fourth-order valence-corrected chi connectivity index (χ4v) is 4.26. The van der Waals surface area contributed by atoms with Gasteiger partial charge in [-0.15, -0.1) is 24.0 Å². The maximum atomic E-state index is 11.7. The SMILES string of the molecule is CN=C(NCc1ccc(S(=O)(=O)NC)cc1)NCC1CCCS1.I. The number of halogens is 1. The molecule has 24 heavy (non-hydrogen) atoms. The van der Waals surface area contributed by atoms with Crippen LogP contribution in [0.5, 0.6) is 0 Å². The fraction of sp³-hybridized carbons (Fsp3) is 0.533. The lowest BCUT2D eigenvalue weighted by atomic mass is 10.2. The van der Waals surface area contributed by atoms with Crippen molar-refractivity contribution in [3.8, 4) is 0 Å². The Morgan fingerprint density at radius 3 is 2.54 bits per heavy atom. The van der Waals surface area contributed by atoms with E-state index in [1.807, 2.05) is 11.8 Å². The summed E-state index contributed by atoms with van der Waals surface area (Å²) in [6.45, 7) is 1.51. The number of rotatable bonds is 6. The van der Waals surface area contributed by atoms with E-state index in [0.29, 0.717) is 11.8 Å². The first-order valence-corrected chi connectivity index (χ1v) is 10.2. The molecular formula is C15H25IN4O2S2. The van der Waals surface area contributed by atoms with Gasteiger partial charge in [-0.2, -0.15) is 11.8 Å². The Labute approximate surface area is 165 Å². The molecule has 1 aromatic rings. The number of nitrogens with one attached hydrogen (secondary N) is 3. The standard InChI is InChI=1S/C15H24N4O2S2.HI/c1-16-15(19-11-13-4-3-9-22-13)18-10-12-5-7-14(8-6-12)23(20,21)17-2;/h5-8,13,17H,3-4,9-11H2,1-2H3,(H2,16,18,19);1H. The predicted molar refractivity (Wildman–Crippen MR) is 112 cm³/mol. The molecule has 136 valence electrons. The van der Waals surface area contributed by atoms with Crippen molar-refractivity contribution in [1.29, 1.82) is 0 Å². The molecule has 0 spiro atoms. The third-order valence-corrected chi connectivity index (χ3v) is 6.54. The third-order valence-electron chi connectivity index (χ3n) is 3.71. The van der Waals surface area contributed by atoms with Gasteiger partial charge in [-0.3, -0.25) is 4.99 Å². The van der Waals surface area contributed by atoms with Crippen molar-refractivity contribution in [2.45, 2.75) is 29.5 Å². The minimum Gasteiger partial charge on any atom is -0.355 e. The summed E-state index contributed by atoms with van der Waals surface area (Å²) in [6.07, 6.45) is 2.56. The molecule has 1 unspecified atom stereocenters. The number of thioether (sulfide) groups is 1. The summed E-state index contributed by atoms with van der Waals surface area (Å²) < 4.78 is 25.7. The molecule has 3 N–H and O–H groups in total. The molecule has 0 aromatic heterocycles. The number of sulfonamides is 1. The maximum Gasteiger partial charge on any atom is 0.240 e. The first kappa shape index (κ1) is 21.5. The number of benzene rings is 1. The van der Waals surface area contributed by atoms with Crippen LogP contribution in [0.15, 0.2) is 34.2 Å². The van der Waals surface area contributed by atoms with Crippen LogP contribution in [0.3, 0.4) is 0 Å². The molecule has 1 aliphatic heterocycles. The van der Waals surface area contributed by atoms with Crippen LogP contribution in [0.25, 0.3) is 0 Å². The van der Waals surface area contributed by atoms with Gasteiger partial charge in [0, 0.05) is 25.4 Å². The van der Waals surface area contributed by atoms with Crippen LogP contribution in [0.2, 0.25) is 0 Å². The molecule has 0 aliphatic carbocycles. The number of guanidine groups is 1. The van der Waals surface area contributed by atoms with Gasteiger partial charge in [0.2, 0.25) is 10.0 Å². The predicted octanol–water partition coefficient (Wildman–Crippen LogP) is 1.77. The molecule has 0 radical (unpaired) electrons. The largest absolute Gasteiger partial charge is 0.355 e. The summed E-state index contributed by atoms with van der Waals surface area (Å²) in [5.41, 5.74) is 0.998. The monoisotopic (exact) mass is 484 g/mol. The van der Waals surface area contributed by atoms with Crippen LogP contribution in [-0.2, 0) is 16.6 Å². The van der Waals surface area contributed by atoms with Crippen LogP contribution in [0.1, 0.15) is 18.4 Å². The summed E-state index contributed by atoms with van der Waals surface area (Å²) in [5, 5.41) is 7.25. The molecule has 0 saturated carbocycles. The van der Waals surface area contributed by atoms with Gasteiger partial charge < -0.3 is 10.6 Å². The van der Waals surface area contributed by atoms with Gasteiger partial charge in [0.05, 0.1) is 4.90 Å². The second-order valence-electron chi connectivity index (χ2n) is 5.29. The Morgan fingerprint density at radius 1 is 1.29 bits per heavy atom. The summed E-state index contributed by atoms with van der Waals surface area (Å²) >= 11 is 2.01. The maximum absolute atomic E-state index is 11.7. The van der Waals surface area contributed by atoms with Gasteiger partial charge >= 0.3 is 0 Å². The van der Waals surface area contributed by atoms with E-state index in [2.05, 4.69) is 20.3 Å². The number of nitrogens with zero attached hydrogens (tertiary/aromatic N) is 1. The highest BCUT2D eigenvalue weighted by Crippen LogP contribution is 2.25. The molecule has 1 heterocycles. The average molecular weight is 484 g/mol. The zero-order valence-corrected chi connectivity index (χ0v) is 17.9. The molecular weight excluding hydrogens is 459 g/mol. The van der Waals surface area contributed by atoms with E-state index in [4.69, 9.17) is 0 Å². The molecule has 6 nitrogen and oxygen atoms in total. The Balaban J connectivity index is 0.00000288. The molecule has 1 fully saturated rings. The molecule has 0 bridgehead atoms. The highest BCUT2D eigenvalue weighted by atomic mass is 127. The smallest absolute Gasteiger partial charge is 0.240 e. The van der Waals surface area contributed by atoms with E-state index in [0.717, 1.165) is 18.1 Å². The fourth-order valence-electron chi connectivity index (χ4n) is 2.33. The van der Waals surface area contributed by atoms with Gasteiger partial charge in [-0.1, -0.05) is 12.1 Å². The molecule has 1 atom stereocenters. The topological polar surface area (TPSA) is 82.6 Å². The second kappa shape index (κ2) is 10.5. The molecule has 1 aromatic carbocycles. The number of hydrogen-bond acceptors (Lipinski definition) is 4. The van der Waals surface area contributed by atoms with Gasteiger partial charge in [0.1, 0.15) is 0 Å². The van der Waals surface area contributed by atoms with Crippen molar-refractivity contribution in [3.63, 3.8) is 0 Å². The molecule has 1 aliphatic rings. The minimum absolute atomic E-state index is 0. The quantitative estimate of drug-likeness (QED) is 0.326. The van der Waals surface area contributed by atoms with Crippen molar-refractivity contribution in [3.05, 3.63) is 29.8 Å². The van der Waals surface area contributed by atoms with Crippen LogP contribution >= 0.6 is 35.7 Å². The van der Waals surface area contributed by atoms with Crippen LogP contribution < -0.4 is 15.4 Å². The molecule has 1 saturated heterocycles. The third kappa shape index (κ3) is 6.41. The van der Waals surface area contributed by atoms with Crippen molar-refractivity contribution in [2.24, 2.45) is 4.99 Å². The van der Waals surface area contributed by atoms with E-state index in [-0.39, 0.29) is 28.9 Å². The summed E-state index contributed by atoms with van der Waals surface area (Å²) in [4.78, 5) is 4.48. The van der Waals surface area contributed by atoms with Crippen molar-refractivity contribution >= 4 is 51.7 Å². The van der Waals surface area contributed by atoms with Gasteiger partial charge in [-0.25, -0.2) is 13.1 Å². The number of aliphatic imine (C=N–C) groups is 1. The summed E-state index contributed by atoms with van der Waals surface area (Å²) in [5.74, 6) is 2.02. The lowest BCUT2D eigenvalue weighted by Crippen LogP contribution is -2.39. The Hall–Kier alpha value is -0.520. The Kier molecular flexibility index (Phi) is 9.39. The molecule has 2 rings (SSSR count). The second-order valence-corrected chi connectivity index (χ2v) is 8.59. The van der Waals surface area contributed by atoms with Gasteiger partial charge in [0.15, 0.2) is 5.96 Å². The zero-order valence-electron chi connectivity index (χ0n) is 13.9. The van der Waals surface area contributed by atoms with E-state index in [9.17, 15) is 8.42 Å². The van der Waals surface area contributed by atoms with E-state index >= 15 is 0 Å². The Morgan fingerprint density at radius 2 is 2.00 bits per heavy atom. The number of hydrogen-bond donors (Lipinski definition) is 3. The van der Waals surface area contributed by atoms with Gasteiger partial charge in [0.25, 0.3) is 0 Å².